The van der Waals surface area contributed by atoms with Crippen LogP contribution in [0.2, 0.25) is 0 Å². The van der Waals surface area contributed by atoms with E-state index in [9.17, 15) is 27.2 Å². The van der Waals surface area contributed by atoms with Gasteiger partial charge in [0.05, 0.1) is 23.5 Å². The van der Waals surface area contributed by atoms with E-state index in [0.29, 0.717) is 30.0 Å². The fourth-order valence-electron chi connectivity index (χ4n) is 3.98. The number of amides is 2. The van der Waals surface area contributed by atoms with E-state index in [1.165, 1.54) is 17.7 Å². The average molecular weight is 520 g/mol. The number of aldehydes is 1. The number of rotatable bonds is 6. The van der Waals surface area contributed by atoms with Crippen LogP contribution >= 0.6 is 0 Å². The summed E-state index contributed by atoms with van der Waals surface area (Å²) in [5, 5.41) is 4.01. The maximum atomic E-state index is 15.4. The van der Waals surface area contributed by atoms with Crippen LogP contribution in [-0.4, -0.2) is 34.0 Å². The van der Waals surface area contributed by atoms with E-state index in [1.807, 2.05) is 0 Å². The summed E-state index contributed by atoms with van der Waals surface area (Å²) in [7, 11) is 1.37. The molecule has 2 amide bonds. The molecule has 4 aromatic rings. The largest absolute Gasteiger partial charge is 0.416 e. The molecule has 0 fully saturated rings. The highest BCUT2D eigenvalue weighted by molar-refractivity contribution is 6.00. The first kappa shape index (κ1) is 25.5. The Kier molecular flexibility index (Phi) is 6.52. The second-order valence-electron chi connectivity index (χ2n) is 7.70. The van der Waals surface area contributed by atoms with Crippen molar-refractivity contribution in [3.05, 3.63) is 71.2 Å². The van der Waals surface area contributed by atoms with E-state index in [-0.39, 0.29) is 39.7 Å². The summed E-state index contributed by atoms with van der Waals surface area (Å²) in [6, 6.07) is 3.12. The summed E-state index contributed by atoms with van der Waals surface area (Å²) in [6.45, 7) is -0.0988. The fraction of sp³-hybridized carbons (Fsp3) is 0.130. The van der Waals surface area contributed by atoms with E-state index in [1.54, 1.807) is 0 Å². The second kappa shape index (κ2) is 9.46. The average Bonchev–Trinajstić information content (AvgIpc) is 3.15. The number of methoxy groups -OCH3 is 1. The SMILES string of the molecule is COCc1c(-c2ccc(N(C(N)=O)c3cc(C(F)(F)F)ccc3F)c(F)c2)c2c(N)ncnn2c1C=O. The Bertz CT molecular complexity index is 1540. The lowest BCUT2D eigenvalue weighted by Crippen LogP contribution is -2.33. The molecule has 2 aromatic heterocycles. The Morgan fingerprint density at radius 1 is 1.14 bits per heavy atom. The van der Waals surface area contributed by atoms with Crippen molar-refractivity contribution in [2.45, 2.75) is 12.8 Å². The Hall–Kier alpha value is -4.59. The number of carbonyl (C=O) groups excluding carboxylic acids is 2. The van der Waals surface area contributed by atoms with Gasteiger partial charge in [-0.3, -0.25) is 9.69 Å². The minimum atomic E-state index is -4.86. The molecule has 0 atom stereocenters. The lowest BCUT2D eigenvalue weighted by Gasteiger charge is -2.23. The number of carbonyl (C=O) groups is 2. The van der Waals surface area contributed by atoms with E-state index in [4.69, 9.17) is 16.2 Å². The molecular weight excluding hydrogens is 503 g/mol. The summed E-state index contributed by atoms with van der Waals surface area (Å²) in [5.74, 6) is -2.42. The van der Waals surface area contributed by atoms with Gasteiger partial charge < -0.3 is 16.2 Å². The number of hydrogen-bond acceptors (Lipinski definition) is 6. The molecule has 14 heteroatoms. The number of nitrogens with two attached hydrogens (primary N) is 2. The number of aromatic nitrogens is 3. The van der Waals surface area contributed by atoms with Crippen LogP contribution in [-0.2, 0) is 17.5 Å². The number of urea groups is 1. The third-order valence-corrected chi connectivity index (χ3v) is 5.51. The highest BCUT2D eigenvalue weighted by atomic mass is 19.4. The van der Waals surface area contributed by atoms with Crippen molar-refractivity contribution in [3.63, 3.8) is 0 Å². The molecule has 4 N–H and O–H groups in total. The molecule has 2 heterocycles. The number of ether oxygens (including phenoxy) is 1. The number of benzene rings is 2. The van der Waals surface area contributed by atoms with Crippen molar-refractivity contribution in [2.24, 2.45) is 5.73 Å². The Morgan fingerprint density at radius 3 is 2.46 bits per heavy atom. The molecule has 0 aliphatic rings. The first-order chi connectivity index (χ1) is 17.5. The van der Waals surface area contributed by atoms with Crippen LogP contribution in [0.15, 0.2) is 42.7 Å². The molecule has 192 valence electrons. The van der Waals surface area contributed by atoms with Crippen LogP contribution in [0, 0.1) is 11.6 Å². The predicted molar refractivity (Wildman–Crippen MR) is 122 cm³/mol. The van der Waals surface area contributed by atoms with E-state index in [2.05, 4.69) is 10.1 Å². The van der Waals surface area contributed by atoms with Crippen molar-refractivity contribution in [1.82, 2.24) is 14.6 Å². The maximum Gasteiger partial charge on any atom is 0.416 e. The van der Waals surface area contributed by atoms with Gasteiger partial charge in [0.15, 0.2) is 12.1 Å². The molecule has 9 nitrogen and oxygen atoms in total. The van der Waals surface area contributed by atoms with Crippen molar-refractivity contribution in [3.8, 4) is 11.1 Å². The molecule has 0 unspecified atom stereocenters. The molecule has 2 aromatic carbocycles. The maximum absolute atomic E-state index is 15.4. The van der Waals surface area contributed by atoms with Crippen LogP contribution in [0.5, 0.6) is 0 Å². The molecule has 0 aliphatic heterocycles. The molecule has 0 saturated carbocycles. The first-order valence-electron chi connectivity index (χ1n) is 10.3. The van der Waals surface area contributed by atoms with E-state index < -0.39 is 40.8 Å². The number of halogens is 5. The number of hydrogen-bond donors (Lipinski definition) is 2. The van der Waals surface area contributed by atoms with Gasteiger partial charge in [0.2, 0.25) is 0 Å². The zero-order valence-corrected chi connectivity index (χ0v) is 18.9. The predicted octanol–water partition coefficient (Wildman–Crippen LogP) is 4.45. The topological polar surface area (TPSA) is 129 Å². The molecule has 0 radical (unpaired) electrons. The van der Waals surface area contributed by atoms with Crippen molar-refractivity contribution in [2.75, 3.05) is 17.7 Å². The second-order valence-corrected chi connectivity index (χ2v) is 7.70. The van der Waals surface area contributed by atoms with Gasteiger partial charge in [-0.15, -0.1) is 0 Å². The van der Waals surface area contributed by atoms with Gasteiger partial charge in [-0.1, -0.05) is 6.07 Å². The lowest BCUT2D eigenvalue weighted by molar-refractivity contribution is -0.137. The van der Waals surface area contributed by atoms with E-state index in [0.717, 1.165) is 18.5 Å². The highest BCUT2D eigenvalue weighted by Gasteiger charge is 2.33. The van der Waals surface area contributed by atoms with Crippen molar-refractivity contribution >= 4 is 35.0 Å². The summed E-state index contributed by atoms with van der Waals surface area (Å²) < 4.78 is 75.9. The molecule has 0 spiro atoms. The van der Waals surface area contributed by atoms with Gasteiger partial charge in [-0.2, -0.15) is 18.3 Å². The van der Waals surface area contributed by atoms with Gasteiger partial charge >= 0.3 is 12.2 Å². The molecule has 0 saturated heterocycles. The number of nitrogen functional groups attached to an aromatic ring is 1. The third-order valence-electron chi connectivity index (χ3n) is 5.51. The zero-order chi connectivity index (χ0) is 27.1. The Balaban J connectivity index is 1.92. The van der Waals surface area contributed by atoms with Gasteiger partial charge in [-0.05, 0) is 35.9 Å². The summed E-state index contributed by atoms with van der Waals surface area (Å²) in [6.07, 6.45) is -3.23. The molecule has 0 bridgehead atoms. The number of alkyl halides is 3. The monoisotopic (exact) mass is 520 g/mol. The van der Waals surface area contributed by atoms with Gasteiger partial charge in [-0.25, -0.2) is 23.1 Å². The lowest BCUT2D eigenvalue weighted by atomic mass is 10.0. The van der Waals surface area contributed by atoms with Crippen molar-refractivity contribution < 1.29 is 36.3 Å². The number of primary amides is 1. The van der Waals surface area contributed by atoms with Gasteiger partial charge in [0.25, 0.3) is 0 Å². The normalized spacial score (nSPS) is 11.6. The standard InChI is InChI=1S/C23H17F5N6O3/c1-37-9-13-18(8-35)34-20(21(29)31-10-32-34)19(13)11-2-5-16(15(25)6-11)33(22(30)36)17-7-12(23(26,27)28)3-4-14(17)24/h2-8,10H,9H2,1H3,(H2,30,36)(H2,29,31,32). The molecule has 4 rings (SSSR count). The summed E-state index contributed by atoms with van der Waals surface area (Å²) >= 11 is 0. The smallest absolute Gasteiger partial charge is 0.382 e. The number of fused-ring (bicyclic) bond motifs is 1. The van der Waals surface area contributed by atoms with Crippen LogP contribution in [0.25, 0.3) is 16.6 Å². The van der Waals surface area contributed by atoms with Crippen LogP contribution in [0.1, 0.15) is 21.6 Å². The minimum Gasteiger partial charge on any atom is -0.382 e. The molecule has 37 heavy (non-hydrogen) atoms. The minimum absolute atomic E-state index is 0.0373. The zero-order valence-electron chi connectivity index (χ0n) is 18.9. The molecular formula is C23H17F5N6O3. The van der Waals surface area contributed by atoms with Crippen molar-refractivity contribution in [1.29, 1.82) is 0 Å². The van der Waals surface area contributed by atoms with Crippen LogP contribution < -0.4 is 16.4 Å². The Labute approximate surface area is 205 Å². The summed E-state index contributed by atoms with van der Waals surface area (Å²) in [5.41, 5.74) is 9.42. The summed E-state index contributed by atoms with van der Waals surface area (Å²) in [4.78, 5) is 28.2. The Morgan fingerprint density at radius 2 is 1.86 bits per heavy atom. The quantitative estimate of drug-likeness (QED) is 0.286. The number of anilines is 3. The van der Waals surface area contributed by atoms with Crippen LogP contribution in [0.3, 0.4) is 0 Å². The third kappa shape index (κ3) is 4.42. The fourth-order valence-corrected chi connectivity index (χ4v) is 3.98. The number of nitrogens with zero attached hydrogens (tertiary/aromatic N) is 4. The van der Waals surface area contributed by atoms with Crippen LogP contribution in [0.4, 0.5) is 43.9 Å². The van der Waals surface area contributed by atoms with Gasteiger partial charge in [0, 0.05) is 18.2 Å². The molecule has 0 aliphatic carbocycles. The first-order valence-corrected chi connectivity index (χ1v) is 10.3. The highest BCUT2D eigenvalue weighted by Crippen LogP contribution is 2.39. The van der Waals surface area contributed by atoms with Gasteiger partial charge in [0.1, 0.15) is 29.2 Å². The van der Waals surface area contributed by atoms with E-state index >= 15 is 4.39 Å².